The number of benzene rings is 2. The number of amides is 1. The van der Waals surface area contributed by atoms with E-state index in [0.717, 1.165) is 16.7 Å². The van der Waals surface area contributed by atoms with Gasteiger partial charge in [0.25, 0.3) is 5.91 Å². The lowest BCUT2D eigenvalue weighted by Crippen LogP contribution is -2.27. The monoisotopic (exact) mass is 295 g/mol. The highest BCUT2D eigenvalue weighted by molar-refractivity contribution is 6.02. The summed E-state index contributed by atoms with van der Waals surface area (Å²) in [5.41, 5.74) is 3.00. The molecular weight excluding hydrogens is 278 g/mol. The molecule has 0 saturated carbocycles. The van der Waals surface area contributed by atoms with Gasteiger partial charge in [0.15, 0.2) is 0 Å². The quantitative estimate of drug-likeness (QED) is 0.851. The summed E-state index contributed by atoms with van der Waals surface area (Å²) < 4.78 is 0. The average Bonchev–Trinajstić information content (AvgIpc) is 2.50. The summed E-state index contributed by atoms with van der Waals surface area (Å²) in [6.45, 7) is 3.82. The Morgan fingerprint density at radius 3 is 2.36 bits per heavy atom. The zero-order chi connectivity index (χ0) is 16.1. The summed E-state index contributed by atoms with van der Waals surface area (Å²) >= 11 is 0. The number of carbonyl (C=O) groups excluding carboxylic acids is 1. The molecule has 2 N–H and O–H groups in total. The van der Waals surface area contributed by atoms with Crippen molar-refractivity contribution in [2.24, 2.45) is 0 Å². The molecule has 0 aliphatic heterocycles. The first-order chi connectivity index (χ1) is 10.5. The lowest BCUT2D eigenvalue weighted by Gasteiger charge is -2.08. The Balaban J connectivity index is 2.31. The molecule has 2 aromatic carbocycles. The second-order valence-electron chi connectivity index (χ2n) is 5.04. The van der Waals surface area contributed by atoms with Gasteiger partial charge in [-0.2, -0.15) is 0 Å². The van der Waals surface area contributed by atoms with Crippen molar-refractivity contribution in [3.05, 3.63) is 76.5 Å². The predicted octanol–water partition coefficient (Wildman–Crippen LogP) is 3.16. The Labute approximate surface area is 129 Å². The maximum absolute atomic E-state index is 12.1. The van der Waals surface area contributed by atoms with Gasteiger partial charge in [-0.15, -0.1) is 0 Å². The normalized spacial score (nSPS) is 11.1. The fourth-order valence-electron chi connectivity index (χ4n) is 2.01. The maximum Gasteiger partial charge on any atom is 0.352 e. The highest BCUT2D eigenvalue weighted by Gasteiger charge is 2.13. The van der Waals surface area contributed by atoms with Crippen LogP contribution in [0.3, 0.4) is 0 Å². The van der Waals surface area contributed by atoms with Gasteiger partial charge in [0, 0.05) is 5.56 Å². The van der Waals surface area contributed by atoms with Crippen LogP contribution in [-0.2, 0) is 4.79 Å². The van der Waals surface area contributed by atoms with Crippen molar-refractivity contribution >= 4 is 18.0 Å². The van der Waals surface area contributed by atoms with Crippen LogP contribution in [0.1, 0.15) is 27.0 Å². The molecule has 0 fully saturated rings. The molecule has 0 bridgehead atoms. The fourth-order valence-corrected chi connectivity index (χ4v) is 2.01. The van der Waals surface area contributed by atoms with Gasteiger partial charge < -0.3 is 10.4 Å². The van der Waals surface area contributed by atoms with Crippen molar-refractivity contribution in [2.75, 3.05) is 0 Å². The topological polar surface area (TPSA) is 66.4 Å². The van der Waals surface area contributed by atoms with Crippen LogP contribution in [-0.4, -0.2) is 17.0 Å². The highest BCUT2D eigenvalue weighted by Crippen LogP contribution is 2.14. The van der Waals surface area contributed by atoms with Gasteiger partial charge in [0.1, 0.15) is 5.70 Å². The van der Waals surface area contributed by atoms with E-state index in [9.17, 15) is 14.7 Å². The van der Waals surface area contributed by atoms with E-state index in [0.29, 0.717) is 5.56 Å². The van der Waals surface area contributed by atoms with Gasteiger partial charge in [-0.3, -0.25) is 4.79 Å². The van der Waals surface area contributed by atoms with E-state index in [1.54, 1.807) is 30.3 Å². The summed E-state index contributed by atoms with van der Waals surface area (Å²) in [4.78, 5) is 23.5. The number of rotatable bonds is 4. The molecule has 0 heterocycles. The second-order valence-corrected chi connectivity index (χ2v) is 5.04. The van der Waals surface area contributed by atoms with Crippen molar-refractivity contribution in [3.63, 3.8) is 0 Å². The minimum absolute atomic E-state index is 0.150. The van der Waals surface area contributed by atoms with Crippen LogP contribution in [0.5, 0.6) is 0 Å². The van der Waals surface area contributed by atoms with Crippen molar-refractivity contribution < 1.29 is 14.7 Å². The maximum atomic E-state index is 12.1. The number of carboxylic acid groups (broad SMARTS) is 1. The minimum Gasteiger partial charge on any atom is -0.477 e. The van der Waals surface area contributed by atoms with Gasteiger partial charge in [0.2, 0.25) is 0 Å². The molecule has 0 atom stereocenters. The van der Waals surface area contributed by atoms with E-state index in [1.807, 2.05) is 32.0 Å². The SMILES string of the molecule is Cc1ccc(C)c(/C=C(/NC(=O)c2ccccc2)C(=O)O)c1. The third-order valence-electron chi connectivity index (χ3n) is 3.25. The largest absolute Gasteiger partial charge is 0.477 e. The Morgan fingerprint density at radius 2 is 1.73 bits per heavy atom. The smallest absolute Gasteiger partial charge is 0.352 e. The Bertz CT molecular complexity index is 733. The van der Waals surface area contributed by atoms with E-state index in [2.05, 4.69) is 5.32 Å². The average molecular weight is 295 g/mol. The Morgan fingerprint density at radius 1 is 1.05 bits per heavy atom. The van der Waals surface area contributed by atoms with Crippen LogP contribution in [0, 0.1) is 13.8 Å². The van der Waals surface area contributed by atoms with E-state index in [-0.39, 0.29) is 5.70 Å². The lowest BCUT2D eigenvalue weighted by molar-refractivity contribution is -0.132. The number of aliphatic carboxylic acids is 1. The van der Waals surface area contributed by atoms with Gasteiger partial charge in [-0.25, -0.2) is 4.79 Å². The number of carbonyl (C=O) groups is 2. The third-order valence-corrected chi connectivity index (χ3v) is 3.25. The van der Waals surface area contributed by atoms with E-state index in [4.69, 9.17) is 0 Å². The Kier molecular flexibility index (Phi) is 4.73. The first-order valence-corrected chi connectivity index (χ1v) is 6.86. The molecule has 4 heteroatoms. The summed E-state index contributed by atoms with van der Waals surface area (Å²) in [6.07, 6.45) is 1.48. The summed E-state index contributed by atoms with van der Waals surface area (Å²) in [5.74, 6) is -1.62. The highest BCUT2D eigenvalue weighted by atomic mass is 16.4. The van der Waals surface area contributed by atoms with E-state index >= 15 is 0 Å². The molecule has 4 nitrogen and oxygen atoms in total. The predicted molar refractivity (Wildman–Crippen MR) is 85.4 cm³/mol. The zero-order valence-electron chi connectivity index (χ0n) is 12.5. The van der Waals surface area contributed by atoms with Gasteiger partial charge in [0.05, 0.1) is 0 Å². The van der Waals surface area contributed by atoms with E-state index < -0.39 is 11.9 Å². The molecular formula is C18H17NO3. The molecule has 0 saturated heterocycles. The lowest BCUT2D eigenvalue weighted by atomic mass is 10.0. The molecule has 0 aromatic heterocycles. The molecule has 1 amide bonds. The molecule has 2 rings (SSSR count). The van der Waals surface area contributed by atoms with Crippen LogP contribution >= 0.6 is 0 Å². The van der Waals surface area contributed by atoms with Gasteiger partial charge >= 0.3 is 5.97 Å². The zero-order valence-corrected chi connectivity index (χ0v) is 12.5. The van der Waals surface area contributed by atoms with Gasteiger partial charge in [-0.05, 0) is 43.2 Å². The summed E-state index contributed by atoms with van der Waals surface area (Å²) in [5, 5.41) is 11.8. The number of nitrogens with one attached hydrogen (secondary N) is 1. The molecule has 0 radical (unpaired) electrons. The number of carboxylic acids is 1. The number of hydrogen-bond acceptors (Lipinski definition) is 2. The van der Waals surface area contributed by atoms with Crippen LogP contribution in [0.15, 0.2) is 54.2 Å². The molecule has 2 aromatic rings. The first-order valence-electron chi connectivity index (χ1n) is 6.86. The minimum atomic E-state index is -1.18. The molecule has 0 aliphatic carbocycles. The Hall–Kier alpha value is -2.88. The first kappa shape index (κ1) is 15.5. The van der Waals surface area contributed by atoms with Crippen LogP contribution in [0.4, 0.5) is 0 Å². The fraction of sp³-hybridized carbons (Fsp3) is 0.111. The number of hydrogen-bond donors (Lipinski definition) is 2. The summed E-state index contributed by atoms with van der Waals surface area (Å²) in [7, 11) is 0. The molecule has 0 unspecified atom stereocenters. The van der Waals surface area contributed by atoms with Crippen LogP contribution in [0.2, 0.25) is 0 Å². The molecule has 0 spiro atoms. The van der Waals surface area contributed by atoms with Crippen LogP contribution in [0.25, 0.3) is 6.08 Å². The summed E-state index contributed by atoms with van der Waals surface area (Å²) in [6, 6.07) is 14.3. The van der Waals surface area contributed by atoms with Gasteiger partial charge in [-0.1, -0.05) is 42.0 Å². The van der Waals surface area contributed by atoms with Crippen molar-refractivity contribution in [1.29, 1.82) is 0 Å². The number of aryl methyl sites for hydroxylation is 2. The second kappa shape index (κ2) is 6.72. The van der Waals surface area contributed by atoms with Crippen molar-refractivity contribution in [3.8, 4) is 0 Å². The van der Waals surface area contributed by atoms with Crippen molar-refractivity contribution in [1.82, 2.24) is 5.32 Å². The standard InChI is InChI=1S/C18H17NO3/c1-12-8-9-13(2)15(10-12)11-16(18(21)22)19-17(20)14-6-4-3-5-7-14/h3-11H,1-2H3,(H,19,20)(H,21,22)/b16-11+. The molecule has 112 valence electrons. The van der Waals surface area contributed by atoms with Crippen molar-refractivity contribution in [2.45, 2.75) is 13.8 Å². The van der Waals surface area contributed by atoms with Crippen LogP contribution < -0.4 is 5.32 Å². The third kappa shape index (κ3) is 3.82. The van der Waals surface area contributed by atoms with E-state index in [1.165, 1.54) is 6.08 Å². The molecule has 0 aliphatic rings. The molecule has 22 heavy (non-hydrogen) atoms.